The topological polar surface area (TPSA) is 55.2 Å². The Balaban J connectivity index is 2.65. The van der Waals surface area contributed by atoms with Gasteiger partial charge in [0.2, 0.25) is 0 Å². The SMILES string of the molecule is CCCCC(CC)Nc1cccc([N+](=O)[O-])c1. The standard InChI is InChI=1S/C13H20N2O2/c1-3-5-7-11(4-2)14-12-8-6-9-13(10-12)15(16)17/h6,8-11,14H,3-5,7H2,1-2H3. The Morgan fingerprint density at radius 3 is 2.76 bits per heavy atom. The second-order valence-electron chi connectivity index (χ2n) is 4.20. The van der Waals surface area contributed by atoms with Crippen molar-refractivity contribution in [1.82, 2.24) is 0 Å². The van der Waals surface area contributed by atoms with E-state index in [0.29, 0.717) is 6.04 Å². The highest BCUT2D eigenvalue weighted by atomic mass is 16.6. The molecule has 1 aromatic rings. The summed E-state index contributed by atoms with van der Waals surface area (Å²) in [5.74, 6) is 0. The van der Waals surface area contributed by atoms with Gasteiger partial charge < -0.3 is 5.32 Å². The number of anilines is 1. The van der Waals surface area contributed by atoms with Gasteiger partial charge in [-0.2, -0.15) is 0 Å². The third-order valence-corrected chi connectivity index (χ3v) is 2.83. The van der Waals surface area contributed by atoms with Crippen molar-refractivity contribution in [3.8, 4) is 0 Å². The second-order valence-corrected chi connectivity index (χ2v) is 4.20. The molecule has 0 radical (unpaired) electrons. The highest BCUT2D eigenvalue weighted by Gasteiger charge is 2.09. The lowest BCUT2D eigenvalue weighted by Gasteiger charge is -2.17. The summed E-state index contributed by atoms with van der Waals surface area (Å²) in [7, 11) is 0. The van der Waals surface area contributed by atoms with Gasteiger partial charge in [0, 0.05) is 23.9 Å². The van der Waals surface area contributed by atoms with Gasteiger partial charge in [0.1, 0.15) is 0 Å². The van der Waals surface area contributed by atoms with Gasteiger partial charge in [0.15, 0.2) is 0 Å². The van der Waals surface area contributed by atoms with Gasteiger partial charge in [0.05, 0.1) is 4.92 Å². The van der Waals surface area contributed by atoms with Crippen molar-refractivity contribution in [2.45, 2.75) is 45.6 Å². The Hall–Kier alpha value is -1.58. The number of nitro benzene ring substituents is 1. The minimum Gasteiger partial charge on any atom is -0.382 e. The average molecular weight is 236 g/mol. The van der Waals surface area contributed by atoms with Crippen LogP contribution < -0.4 is 5.32 Å². The second kappa shape index (κ2) is 6.89. The molecule has 0 fully saturated rings. The molecule has 0 heterocycles. The lowest BCUT2D eigenvalue weighted by molar-refractivity contribution is -0.384. The summed E-state index contributed by atoms with van der Waals surface area (Å²) in [4.78, 5) is 10.3. The predicted molar refractivity (Wildman–Crippen MR) is 70.3 cm³/mol. The van der Waals surface area contributed by atoms with Crippen LogP contribution in [0.1, 0.15) is 39.5 Å². The molecule has 4 nitrogen and oxygen atoms in total. The smallest absolute Gasteiger partial charge is 0.271 e. The highest BCUT2D eigenvalue weighted by Crippen LogP contribution is 2.19. The Kier molecular flexibility index (Phi) is 5.46. The minimum absolute atomic E-state index is 0.139. The van der Waals surface area contributed by atoms with Crippen LogP contribution in [0, 0.1) is 10.1 Å². The monoisotopic (exact) mass is 236 g/mol. The minimum atomic E-state index is -0.363. The van der Waals surface area contributed by atoms with Crippen molar-refractivity contribution < 1.29 is 4.92 Å². The van der Waals surface area contributed by atoms with E-state index in [-0.39, 0.29) is 10.6 Å². The van der Waals surface area contributed by atoms with Crippen molar-refractivity contribution >= 4 is 11.4 Å². The quantitative estimate of drug-likeness (QED) is 0.575. The van der Waals surface area contributed by atoms with Gasteiger partial charge in [-0.05, 0) is 18.9 Å². The van der Waals surface area contributed by atoms with E-state index in [9.17, 15) is 10.1 Å². The van der Waals surface area contributed by atoms with E-state index in [1.807, 2.05) is 6.07 Å². The summed E-state index contributed by atoms with van der Waals surface area (Å²) in [5, 5.41) is 14.0. The number of benzene rings is 1. The van der Waals surface area contributed by atoms with Crippen LogP contribution in [0.3, 0.4) is 0 Å². The van der Waals surface area contributed by atoms with Crippen molar-refractivity contribution in [1.29, 1.82) is 0 Å². The Bertz CT molecular complexity index is 366. The summed E-state index contributed by atoms with van der Waals surface area (Å²) in [6, 6.07) is 7.10. The van der Waals surface area contributed by atoms with Crippen LogP contribution in [-0.2, 0) is 0 Å². The van der Waals surface area contributed by atoms with Crippen LogP contribution >= 0.6 is 0 Å². The first-order valence-corrected chi connectivity index (χ1v) is 6.18. The third kappa shape index (κ3) is 4.43. The molecule has 4 heteroatoms. The van der Waals surface area contributed by atoms with E-state index in [4.69, 9.17) is 0 Å². The molecular formula is C13H20N2O2. The summed E-state index contributed by atoms with van der Waals surface area (Å²) >= 11 is 0. The molecule has 1 atom stereocenters. The van der Waals surface area contributed by atoms with E-state index < -0.39 is 0 Å². The number of unbranched alkanes of at least 4 members (excludes halogenated alkanes) is 1. The van der Waals surface area contributed by atoms with Crippen molar-refractivity contribution in [3.63, 3.8) is 0 Å². The van der Waals surface area contributed by atoms with Crippen LogP contribution in [0.5, 0.6) is 0 Å². The number of hydrogen-bond donors (Lipinski definition) is 1. The lowest BCUT2D eigenvalue weighted by atomic mass is 10.1. The number of hydrogen-bond acceptors (Lipinski definition) is 3. The molecule has 0 spiro atoms. The van der Waals surface area contributed by atoms with Gasteiger partial charge in [-0.15, -0.1) is 0 Å². The lowest BCUT2D eigenvalue weighted by Crippen LogP contribution is -2.18. The molecule has 0 aliphatic heterocycles. The molecule has 0 aliphatic rings. The molecule has 1 rings (SSSR count). The van der Waals surface area contributed by atoms with E-state index in [1.165, 1.54) is 18.9 Å². The molecule has 0 amide bonds. The van der Waals surface area contributed by atoms with E-state index in [0.717, 1.165) is 18.5 Å². The van der Waals surface area contributed by atoms with E-state index >= 15 is 0 Å². The fourth-order valence-electron chi connectivity index (χ4n) is 1.77. The van der Waals surface area contributed by atoms with E-state index in [1.54, 1.807) is 12.1 Å². The zero-order valence-corrected chi connectivity index (χ0v) is 10.5. The molecule has 17 heavy (non-hydrogen) atoms. The number of nitrogens with zero attached hydrogens (tertiary/aromatic N) is 1. The molecule has 0 aromatic heterocycles. The summed E-state index contributed by atoms with van der Waals surface area (Å²) in [6.07, 6.45) is 4.49. The molecule has 0 bridgehead atoms. The van der Waals surface area contributed by atoms with Crippen LogP contribution in [0.2, 0.25) is 0 Å². The Morgan fingerprint density at radius 2 is 2.18 bits per heavy atom. The molecule has 94 valence electrons. The van der Waals surface area contributed by atoms with Crippen LogP contribution in [-0.4, -0.2) is 11.0 Å². The first-order valence-electron chi connectivity index (χ1n) is 6.18. The Morgan fingerprint density at radius 1 is 1.41 bits per heavy atom. The fraction of sp³-hybridized carbons (Fsp3) is 0.538. The zero-order chi connectivity index (χ0) is 12.7. The first kappa shape index (κ1) is 13.5. The van der Waals surface area contributed by atoms with Crippen molar-refractivity contribution in [2.24, 2.45) is 0 Å². The van der Waals surface area contributed by atoms with Gasteiger partial charge in [-0.25, -0.2) is 0 Å². The van der Waals surface area contributed by atoms with Gasteiger partial charge >= 0.3 is 0 Å². The Labute approximate surface area is 102 Å². The van der Waals surface area contributed by atoms with Gasteiger partial charge in [-0.3, -0.25) is 10.1 Å². The molecule has 1 N–H and O–H groups in total. The van der Waals surface area contributed by atoms with Crippen molar-refractivity contribution in [2.75, 3.05) is 5.32 Å². The summed E-state index contributed by atoms with van der Waals surface area (Å²) in [6.45, 7) is 4.30. The summed E-state index contributed by atoms with van der Waals surface area (Å²) < 4.78 is 0. The number of nitrogens with one attached hydrogen (secondary N) is 1. The van der Waals surface area contributed by atoms with Gasteiger partial charge in [-0.1, -0.05) is 32.8 Å². The maximum atomic E-state index is 10.7. The normalized spacial score (nSPS) is 12.1. The summed E-state index contributed by atoms with van der Waals surface area (Å²) in [5.41, 5.74) is 0.975. The fourth-order valence-corrected chi connectivity index (χ4v) is 1.77. The average Bonchev–Trinajstić information content (AvgIpc) is 2.34. The number of non-ortho nitro benzene ring substituents is 1. The molecule has 0 aliphatic carbocycles. The van der Waals surface area contributed by atoms with Crippen LogP contribution in [0.25, 0.3) is 0 Å². The highest BCUT2D eigenvalue weighted by molar-refractivity contribution is 5.51. The molecule has 1 aromatic carbocycles. The number of rotatable bonds is 7. The van der Waals surface area contributed by atoms with E-state index in [2.05, 4.69) is 19.2 Å². The van der Waals surface area contributed by atoms with Crippen LogP contribution in [0.4, 0.5) is 11.4 Å². The van der Waals surface area contributed by atoms with Crippen LogP contribution in [0.15, 0.2) is 24.3 Å². The maximum Gasteiger partial charge on any atom is 0.271 e. The molecular weight excluding hydrogens is 216 g/mol. The third-order valence-electron chi connectivity index (χ3n) is 2.83. The zero-order valence-electron chi connectivity index (χ0n) is 10.5. The predicted octanol–water partition coefficient (Wildman–Crippen LogP) is 3.98. The van der Waals surface area contributed by atoms with Gasteiger partial charge in [0.25, 0.3) is 5.69 Å². The maximum absolute atomic E-state index is 10.7. The first-order chi connectivity index (χ1) is 8.17. The molecule has 1 unspecified atom stereocenters. The van der Waals surface area contributed by atoms with Crippen molar-refractivity contribution in [3.05, 3.63) is 34.4 Å². The molecule has 0 saturated heterocycles. The number of nitro groups is 1. The molecule has 0 saturated carbocycles. The largest absolute Gasteiger partial charge is 0.382 e.